The zero-order valence-electron chi connectivity index (χ0n) is 10.4. The number of ether oxygens (including phenoxy) is 1. The molecule has 1 heterocycles. The zero-order valence-corrected chi connectivity index (χ0v) is 10.4. The number of amides is 1. The number of H-pyrrole nitrogens is 1. The molecule has 2 N–H and O–H groups in total. The topological polar surface area (TPSA) is 110 Å². The van der Waals surface area contributed by atoms with E-state index in [2.05, 4.69) is 15.3 Å². The van der Waals surface area contributed by atoms with Gasteiger partial charge in [0.2, 0.25) is 0 Å². The Morgan fingerprint density at radius 2 is 2.15 bits per heavy atom. The van der Waals surface area contributed by atoms with Crippen LogP contribution < -0.4 is 10.1 Å². The van der Waals surface area contributed by atoms with Crippen molar-refractivity contribution in [2.75, 3.05) is 6.61 Å². The van der Waals surface area contributed by atoms with Crippen molar-refractivity contribution in [3.05, 3.63) is 52.6 Å². The molecular weight excluding hydrogens is 264 g/mol. The Labute approximate surface area is 113 Å². The number of nitro groups is 1. The van der Waals surface area contributed by atoms with E-state index in [4.69, 9.17) is 4.74 Å². The molecule has 0 aliphatic carbocycles. The number of hydrogen-bond acceptors (Lipinski definition) is 5. The zero-order chi connectivity index (χ0) is 14.4. The number of benzene rings is 1. The van der Waals surface area contributed by atoms with Gasteiger partial charge in [0.15, 0.2) is 6.61 Å². The highest BCUT2D eigenvalue weighted by molar-refractivity contribution is 5.77. The van der Waals surface area contributed by atoms with Gasteiger partial charge in [-0.2, -0.15) is 0 Å². The van der Waals surface area contributed by atoms with Crippen LogP contribution in [0.25, 0.3) is 0 Å². The van der Waals surface area contributed by atoms with Crippen molar-refractivity contribution in [1.82, 2.24) is 15.3 Å². The first-order chi connectivity index (χ1) is 9.65. The molecule has 104 valence electrons. The summed E-state index contributed by atoms with van der Waals surface area (Å²) in [5.41, 5.74) is -0.0281. The number of hydrogen-bond donors (Lipinski definition) is 2. The van der Waals surface area contributed by atoms with Crippen molar-refractivity contribution in [2.45, 2.75) is 6.54 Å². The van der Waals surface area contributed by atoms with Gasteiger partial charge < -0.3 is 15.0 Å². The number of nitrogens with zero attached hydrogens (tertiary/aromatic N) is 2. The average Bonchev–Trinajstić information content (AvgIpc) is 2.96. The molecule has 0 saturated heterocycles. The number of carbonyl (C=O) groups excluding carboxylic acids is 1. The van der Waals surface area contributed by atoms with E-state index < -0.39 is 4.92 Å². The molecule has 1 amide bonds. The van der Waals surface area contributed by atoms with Crippen molar-refractivity contribution in [3.8, 4) is 5.75 Å². The highest BCUT2D eigenvalue weighted by atomic mass is 16.6. The Morgan fingerprint density at radius 1 is 1.40 bits per heavy atom. The number of nitro benzene ring substituents is 1. The van der Waals surface area contributed by atoms with Gasteiger partial charge in [-0.15, -0.1) is 0 Å². The van der Waals surface area contributed by atoms with Crippen molar-refractivity contribution in [1.29, 1.82) is 0 Å². The van der Waals surface area contributed by atoms with Gasteiger partial charge in [-0.1, -0.05) is 0 Å². The van der Waals surface area contributed by atoms with E-state index in [9.17, 15) is 14.9 Å². The minimum Gasteiger partial charge on any atom is -0.484 e. The van der Waals surface area contributed by atoms with E-state index in [0.717, 1.165) is 0 Å². The summed E-state index contributed by atoms with van der Waals surface area (Å²) >= 11 is 0. The number of nitrogens with one attached hydrogen (secondary N) is 2. The SMILES string of the molecule is O=C(COc1ccc([N+](=O)[O-])cc1)NCc1ncc[nH]1. The fourth-order valence-electron chi connectivity index (χ4n) is 1.44. The lowest BCUT2D eigenvalue weighted by molar-refractivity contribution is -0.384. The van der Waals surface area contributed by atoms with E-state index in [-0.39, 0.29) is 24.7 Å². The van der Waals surface area contributed by atoms with E-state index in [1.165, 1.54) is 24.3 Å². The maximum Gasteiger partial charge on any atom is 0.269 e. The second-order valence-corrected chi connectivity index (χ2v) is 3.85. The molecule has 8 heteroatoms. The van der Waals surface area contributed by atoms with Crippen LogP contribution >= 0.6 is 0 Å². The van der Waals surface area contributed by atoms with Crippen LogP contribution in [0.15, 0.2) is 36.7 Å². The summed E-state index contributed by atoms with van der Waals surface area (Å²) in [5, 5.41) is 13.1. The molecule has 0 fully saturated rings. The van der Waals surface area contributed by atoms with Gasteiger partial charge in [0, 0.05) is 24.5 Å². The monoisotopic (exact) mass is 276 g/mol. The van der Waals surface area contributed by atoms with Gasteiger partial charge >= 0.3 is 0 Å². The Balaban J connectivity index is 1.76. The third-order valence-corrected chi connectivity index (χ3v) is 2.43. The highest BCUT2D eigenvalue weighted by Crippen LogP contribution is 2.16. The first-order valence-corrected chi connectivity index (χ1v) is 5.77. The predicted molar refractivity (Wildman–Crippen MR) is 69.0 cm³/mol. The van der Waals surface area contributed by atoms with Crippen molar-refractivity contribution in [3.63, 3.8) is 0 Å². The van der Waals surface area contributed by atoms with Crippen LogP contribution in [0, 0.1) is 10.1 Å². The van der Waals surface area contributed by atoms with Crippen LogP contribution in [0.1, 0.15) is 5.82 Å². The minimum atomic E-state index is -0.500. The molecule has 0 spiro atoms. The van der Waals surface area contributed by atoms with Gasteiger partial charge in [-0.25, -0.2) is 4.98 Å². The second kappa shape index (κ2) is 6.32. The molecule has 0 aliphatic rings. The van der Waals surface area contributed by atoms with Crippen molar-refractivity contribution < 1.29 is 14.5 Å². The molecule has 2 rings (SSSR count). The lowest BCUT2D eigenvalue weighted by Crippen LogP contribution is -2.28. The lowest BCUT2D eigenvalue weighted by Gasteiger charge is -2.06. The fourth-order valence-corrected chi connectivity index (χ4v) is 1.44. The first kappa shape index (κ1) is 13.5. The maximum absolute atomic E-state index is 11.5. The Kier molecular flexibility index (Phi) is 4.28. The maximum atomic E-state index is 11.5. The van der Waals surface area contributed by atoms with Gasteiger partial charge in [0.25, 0.3) is 11.6 Å². The third-order valence-electron chi connectivity index (χ3n) is 2.43. The number of aromatic nitrogens is 2. The standard InChI is InChI=1S/C12H12N4O4/c17-12(15-7-11-13-5-6-14-11)8-20-10-3-1-9(2-4-10)16(18)19/h1-6H,7-8H2,(H,13,14)(H,15,17). The van der Waals surface area contributed by atoms with Gasteiger partial charge in [0.1, 0.15) is 11.6 Å². The summed E-state index contributed by atoms with van der Waals surface area (Å²) in [6.07, 6.45) is 3.25. The smallest absolute Gasteiger partial charge is 0.269 e. The van der Waals surface area contributed by atoms with Crippen LogP contribution in [0.4, 0.5) is 5.69 Å². The molecule has 1 aromatic carbocycles. The normalized spacial score (nSPS) is 10.0. The van der Waals surface area contributed by atoms with Crippen molar-refractivity contribution >= 4 is 11.6 Å². The number of non-ortho nitro benzene ring substituents is 1. The number of aromatic amines is 1. The van der Waals surface area contributed by atoms with E-state index in [0.29, 0.717) is 11.6 Å². The molecule has 1 aromatic heterocycles. The third kappa shape index (κ3) is 3.80. The summed E-state index contributed by atoms with van der Waals surface area (Å²) in [6.45, 7) is 0.119. The molecule has 2 aromatic rings. The molecule has 20 heavy (non-hydrogen) atoms. The summed E-state index contributed by atoms with van der Waals surface area (Å²) in [5.74, 6) is 0.734. The molecule has 0 unspecified atom stereocenters. The average molecular weight is 276 g/mol. The van der Waals surface area contributed by atoms with E-state index in [1.807, 2.05) is 0 Å². The predicted octanol–water partition coefficient (Wildman–Crippen LogP) is 1.01. The van der Waals surface area contributed by atoms with E-state index in [1.54, 1.807) is 12.4 Å². The van der Waals surface area contributed by atoms with Crippen molar-refractivity contribution in [2.24, 2.45) is 0 Å². The van der Waals surface area contributed by atoms with E-state index >= 15 is 0 Å². The highest BCUT2D eigenvalue weighted by Gasteiger charge is 2.06. The number of imidazole rings is 1. The minimum absolute atomic E-state index is 0.0281. The largest absolute Gasteiger partial charge is 0.484 e. The Hall–Kier alpha value is -2.90. The Morgan fingerprint density at radius 3 is 2.75 bits per heavy atom. The second-order valence-electron chi connectivity index (χ2n) is 3.85. The molecular formula is C12H12N4O4. The molecule has 0 saturated carbocycles. The van der Waals surface area contributed by atoms with Crippen LogP contribution in [-0.4, -0.2) is 27.4 Å². The summed E-state index contributed by atoms with van der Waals surface area (Å²) in [7, 11) is 0. The summed E-state index contributed by atoms with van der Waals surface area (Å²) < 4.78 is 5.21. The fraction of sp³-hybridized carbons (Fsp3) is 0.167. The van der Waals surface area contributed by atoms with Crippen LogP contribution in [0.2, 0.25) is 0 Å². The molecule has 0 radical (unpaired) electrons. The van der Waals surface area contributed by atoms with Gasteiger partial charge in [-0.05, 0) is 12.1 Å². The molecule has 0 atom stereocenters. The molecule has 8 nitrogen and oxygen atoms in total. The number of rotatable bonds is 6. The molecule has 0 aliphatic heterocycles. The van der Waals surface area contributed by atoms with Gasteiger partial charge in [0.05, 0.1) is 11.5 Å². The molecule has 0 bridgehead atoms. The summed E-state index contributed by atoms with van der Waals surface area (Å²) in [4.78, 5) is 28.3. The summed E-state index contributed by atoms with van der Waals surface area (Å²) in [6, 6.07) is 5.52. The lowest BCUT2D eigenvalue weighted by atomic mass is 10.3. The van der Waals surface area contributed by atoms with Crippen LogP contribution in [-0.2, 0) is 11.3 Å². The Bertz CT molecular complexity index is 580. The van der Waals surface area contributed by atoms with Crippen LogP contribution in [0.3, 0.4) is 0 Å². The quantitative estimate of drug-likeness (QED) is 0.604. The first-order valence-electron chi connectivity index (χ1n) is 5.77. The number of carbonyl (C=O) groups is 1. The van der Waals surface area contributed by atoms with Gasteiger partial charge in [-0.3, -0.25) is 14.9 Å². The van der Waals surface area contributed by atoms with Crippen LogP contribution in [0.5, 0.6) is 5.75 Å².